The van der Waals surface area contributed by atoms with Crippen LogP contribution in [0.1, 0.15) is 23.8 Å². The zero-order valence-corrected chi connectivity index (χ0v) is 17.0. The Hall–Kier alpha value is -4.08. The summed E-state index contributed by atoms with van der Waals surface area (Å²) in [5.41, 5.74) is 0.473. The number of anilines is 2. The van der Waals surface area contributed by atoms with E-state index >= 15 is 0 Å². The summed E-state index contributed by atoms with van der Waals surface area (Å²) in [5.74, 6) is 0.000548. The van der Waals surface area contributed by atoms with E-state index in [9.17, 15) is 22.8 Å². The molecule has 0 radical (unpaired) electrons. The van der Waals surface area contributed by atoms with E-state index in [1.807, 2.05) is 6.07 Å². The van der Waals surface area contributed by atoms with Crippen molar-refractivity contribution in [3.63, 3.8) is 0 Å². The molecular weight excluding hydrogens is 437 g/mol. The summed E-state index contributed by atoms with van der Waals surface area (Å²) in [6.45, 7) is 0.140. The highest BCUT2D eigenvalue weighted by molar-refractivity contribution is 6.05. The molecule has 7 nitrogen and oxygen atoms in total. The van der Waals surface area contributed by atoms with Gasteiger partial charge in [-0.1, -0.05) is 18.2 Å². The first-order chi connectivity index (χ1) is 15.8. The highest BCUT2D eigenvalue weighted by Gasteiger charge is 2.41. The van der Waals surface area contributed by atoms with Crippen molar-refractivity contribution in [2.45, 2.75) is 25.2 Å². The van der Waals surface area contributed by atoms with Crippen molar-refractivity contribution in [2.75, 3.05) is 10.2 Å². The monoisotopic (exact) mass is 454 g/mol. The number of aromatic nitrogens is 2. The highest BCUT2D eigenvalue weighted by atomic mass is 19.4. The van der Waals surface area contributed by atoms with Crippen molar-refractivity contribution in [1.82, 2.24) is 9.55 Å². The number of fused-ring (bicyclic) bond motifs is 3. The fourth-order valence-corrected chi connectivity index (χ4v) is 3.96. The number of nitrogens with one attached hydrogen (secondary N) is 1. The topological polar surface area (TPSA) is 80.4 Å². The van der Waals surface area contributed by atoms with Gasteiger partial charge in [-0.3, -0.25) is 19.1 Å². The van der Waals surface area contributed by atoms with Gasteiger partial charge in [-0.25, -0.2) is 4.98 Å². The summed E-state index contributed by atoms with van der Waals surface area (Å²) in [5, 5.41) is 2.47. The SMILES string of the molecule is O=C(C[C@@H]1C(=O)N(Cc2ccco2)c2nc3ccccc3n21)Nc1cccc(C(F)(F)F)c1. The Morgan fingerprint density at radius 3 is 2.67 bits per heavy atom. The van der Waals surface area contributed by atoms with E-state index in [0.29, 0.717) is 22.7 Å². The number of alkyl halides is 3. The fraction of sp³-hybridized carbons (Fsp3) is 0.174. The number of para-hydroxylation sites is 2. The maximum absolute atomic E-state index is 13.3. The van der Waals surface area contributed by atoms with Gasteiger partial charge in [0, 0.05) is 5.69 Å². The van der Waals surface area contributed by atoms with Crippen LogP contribution in [0.2, 0.25) is 0 Å². The normalized spacial score (nSPS) is 15.8. The van der Waals surface area contributed by atoms with E-state index < -0.39 is 23.7 Å². The van der Waals surface area contributed by atoms with Crippen LogP contribution >= 0.6 is 0 Å². The lowest BCUT2D eigenvalue weighted by Gasteiger charge is -2.15. The molecule has 3 heterocycles. The quantitative estimate of drug-likeness (QED) is 0.471. The summed E-state index contributed by atoms with van der Waals surface area (Å²) in [4.78, 5) is 32.0. The zero-order chi connectivity index (χ0) is 23.2. The molecule has 1 N–H and O–H groups in total. The number of hydrogen-bond acceptors (Lipinski definition) is 4. The molecule has 10 heteroatoms. The van der Waals surface area contributed by atoms with E-state index in [2.05, 4.69) is 10.3 Å². The van der Waals surface area contributed by atoms with Gasteiger partial charge in [0.2, 0.25) is 11.9 Å². The largest absolute Gasteiger partial charge is 0.467 e. The summed E-state index contributed by atoms with van der Waals surface area (Å²) < 4.78 is 46.0. The number of benzene rings is 2. The van der Waals surface area contributed by atoms with E-state index in [0.717, 1.165) is 12.1 Å². The third-order valence-electron chi connectivity index (χ3n) is 5.43. The van der Waals surface area contributed by atoms with Crippen LogP contribution in [0.4, 0.5) is 24.8 Å². The Kier molecular flexibility index (Phi) is 4.92. The summed E-state index contributed by atoms with van der Waals surface area (Å²) in [7, 11) is 0. The van der Waals surface area contributed by atoms with E-state index in [-0.39, 0.29) is 24.6 Å². The van der Waals surface area contributed by atoms with Crippen molar-refractivity contribution in [3.05, 3.63) is 78.3 Å². The number of imidazole rings is 1. The number of carbonyl (C=O) groups is 2. The second-order valence-electron chi connectivity index (χ2n) is 7.62. The van der Waals surface area contributed by atoms with Crippen molar-refractivity contribution in [1.29, 1.82) is 0 Å². The van der Waals surface area contributed by atoms with Gasteiger partial charge < -0.3 is 9.73 Å². The lowest BCUT2D eigenvalue weighted by Crippen LogP contribution is -2.31. The molecule has 2 aromatic carbocycles. The molecule has 0 saturated carbocycles. The summed E-state index contributed by atoms with van der Waals surface area (Å²) in [6, 6.07) is 14.1. The van der Waals surface area contributed by atoms with Crippen molar-refractivity contribution < 1.29 is 27.2 Å². The van der Waals surface area contributed by atoms with Crippen molar-refractivity contribution in [2.24, 2.45) is 0 Å². The Balaban J connectivity index is 1.43. The van der Waals surface area contributed by atoms with E-state index in [1.165, 1.54) is 23.3 Å². The van der Waals surface area contributed by atoms with Crippen molar-refractivity contribution in [3.8, 4) is 0 Å². The number of furan rings is 1. The maximum atomic E-state index is 13.3. The van der Waals surface area contributed by atoms with Crippen LogP contribution in [0.15, 0.2) is 71.3 Å². The molecule has 1 aliphatic rings. The molecule has 1 aliphatic heterocycles. The first-order valence-electron chi connectivity index (χ1n) is 10.1. The number of nitrogens with zero attached hydrogens (tertiary/aromatic N) is 3. The lowest BCUT2D eigenvalue weighted by atomic mass is 10.1. The minimum absolute atomic E-state index is 0.00317. The molecule has 168 valence electrons. The summed E-state index contributed by atoms with van der Waals surface area (Å²) >= 11 is 0. The van der Waals surface area contributed by atoms with Gasteiger partial charge in [0.05, 0.1) is 35.8 Å². The van der Waals surface area contributed by atoms with E-state index in [1.54, 1.807) is 34.9 Å². The standard InChI is InChI=1S/C23H17F3N4O3/c24-23(25,26)14-5-3-6-15(11-14)27-20(31)12-19-21(32)29(13-16-7-4-10-33-16)22-28-17-8-1-2-9-18(17)30(19)22/h1-11,19H,12-13H2,(H,27,31)/t19-/m1/s1. The minimum atomic E-state index is -4.53. The Morgan fingerprint density at radius 2 is 1.91 bits per heavy atom. The number of rotatable bonds is 5. The molecule has 4 aromatic rings. The van der Waals surface area contributed by atoms with Gasteiger partial charge in [-0.05, 0) is 42.5 Å². The molecule has 1 atom stereocenters. The van der Waals surface area contributed by atoms with Crippen molar-refractivity contribution >= 4 is 34.5 Å². The van der Waals surface area contributed by atoms with Gasteiger partial charge in [-0.15, -0.1) is 0 Å². The molecule has 5 rings (SSSR count). The van der Waals surface area contributed by atoms with E-state index in [4.69, 9.17) is 4.42 Å². The molecule has 0 spiro atoms. The van der Waals surface area contributed by atoms with Crippen LogP contribution in [0.25, 0.3) is 11.0 Å². The molecule has 0 fully saturated rings. The first-order valence-corrected chi connectivity index (χ1v) is 10.1. The molecule has 2 amide bonds. The van der Waals surface area contributed by atoms with Crippen LogP contribution in [-0.4, -0.2) is 21.4 Å². The maximum Gasteiger partial charge on any atom is 0.416 e. The molecule has 2 aromatic heterocycles. The lowest BCUT2D eigenvalue weighted by molar-refractivity contribution is -0.137. The second-order valence-corrected chi connectivity index (χ2v) is 7.62. The Labute approximate surface area is 185 Å². The number of halogens is 3. The zero-order valence-electron chi connectivity index (χ0n) is 17.0. The van der Waals surface area contributed by atoms with Crippen LogP contribution in [0.3, 0.4) is 0 Å². The van der Waals surface area contributed by atoms with Crippen LogP contribution in [-0.2, 0) is 22.3 Å². The molecule has 0 unspecified atom stereocenters. The van der Waals surface area contributed by atoms with Crippen LogP contribution in [0, 0.1) is 0 Å². The number of amides is 2. The third-order valence-corrected chi connectivity index (χ3v) is 5.43. The highest BCUT2D eigenvalue weighted by Crippen LogP contribution is 2.37. The van der Waals surface area contributed by atoms with Crippen LogP contribution < -0.4 is 10.2 Å². The molecule has 0 aliphatic carbocycles. The fourth-order valence-electron chi connectivity index (χ4n) is 3.96. The predicted octanol–water partition coefficient (Wildman–Crippen LogP) is 4.76. The molecule has 0 bridgehead atoms. The van der Waals surface area contributed by atoms with Gasteiger partial charge in [0.15, 0.2) is 0 Å². The third kappa shape index (κ3) is 3.84. The molecule has 33 heavy (non-hydrogen) atoms. The Bertz CT molecular complexity index is 1340. The molecular formula is C23H17F3N4O3. The Morgan fingerprint density at radius 1 is 1.09 bits per heavy atom. The van der Waals surface area contributed by atoms with Crippen LogP contribution in [0.5, 0.6) is 0 Å². The summed E-state index contributed by atoms with van der Waals surface area (Å²) in [6.07, 6.45) is -3.30. The molecule has 0 saturated heterocycles. The van der Waals surface area contributed by atoms with Gasteiger partial charge in [0.25, 0.3) is 5.91 Å². The minimum Gasteiger partial charge on any atom is -0.467 e. The predicted molar refractivity (Wildman–Crippen MR) is 113 cm³/mol. The average Bonchev–Trinajstić information content (AvgIpc) is 3.47. The second kappa shape index (κ2) is 7.80. The van der Waals surface area contributed by atoms with Gasteiger partial charge in [0.1, 0.15) is 11.8 Å². The van der Waals surface area contributed by atoms with Gasteiger partial charge >= 0.3 is 6.18 Å². The average molecular weight is 454 g/mol. The first kappa shape index (κ1) is 20.8. The number of hydrogen-bond donors (Lipinski definition) is 1. The van der Waals surface area contributed by atoms with Gasteiger partial charge in [-0.2, -0.15) is 13.2 Å². The number of carbonyl (C=O) groups excluding carboxylic acids is 2. The smallest absolute Gasteiger partial charge is 0.416 e.